The molecule has 0 atom stereocenters. The first-order valence-corrected chi connectivity index (χ1v) is 9.40. The van der Waals surface area contributed by atoms with Crippen LogP contribution in [0.5, 0.6) is 0 Å². The van der Waals surface area contributed by atoms with Gasteiger partial charge in [0.25, 0.3) is 0 Å². The molecule has 5 heteroatoms. The summed E-state index contributed by atoms with van der Waals surface area (Å²) in [5.41, 5.74) is 2.02. The zero-order chi connectivity index (χ0) is 15.9. The van der Waals surface area contributed by atoms with E-state index < -0.39 is 9.84 Å². The van der Waals surface area contributed by atoms with Gasteiger partial charge >= 0.3 is 0 Å². The van der Waals surface area contributed by atoms with Gasteiger partial charge in [-0.3, -0.25) is 0 Å². The first-order valence-electron chi connectivity index (χ1n) is 7.03. The van der Waals surface area contributed by atoms with Gasteiger partial charge in [-0.1, -0.05) is 54.6 Å². The molecule has 0 aliphatic heterocycles. The number of benzene rings is 2. The molecule has 0 unspecified atom stereocenters. The van der Waals surface area contributed by atoms with Crippen molar-refractivity contribution >= 4 is 32.1 Å². The van der Waals surface area contributed by atoms with Gasteiger partial charge in [0.15, 0.2) is 0 Å². The molecule has 0 aliphatic carbocycles. The number of hydrogen-bond donors (Lipinski definition) is 0. The van der Waals surface area contributed by atoms with Gasteiger partial charge < -0.3 is 4.42 Å². The van der Waals surface area contributed by atoms with Crippen LogP contribution in [0.2, 0.25) is 0 Å². The summed E-state index contributed by atoms with van der Waals surface area (Å²) in [6, 6.07) is 20.2. The van der Waals surface area contributed by atoms with E-state index in [4.69, 9.17) is 4.42 Å². The van der Waals surface area contributed by atoms with Crippen molar-refractivity contribution in [2.24, 2.45) is 0 Å². The molecular weight excluding hydrogens is 328 g/mol. The average molecular weight is 340 g/mol. The lowest BCUT2D eigenvalue weighted by molar-refractivity contribution is 0.485. The Hall–Kier alpha value is -2.37. The highest BCUT2D eigenvalue weighted by molar-refractivity contribution is 7.93. The van der Waals surface area contributed by atoms with E-state index in [9.17, 15) is 8.42 Å². The van der Waals surface area contributed by atoms with Crippen molar-refractivity contribution in [1.82, 2.24) is 0 Å². The predicted octanol–water partition coefficient (Wildman–Crippen LogP) is 4.99. The summed E-state index contributed by atoms with van der Waals surface area (Å²) in [6.07, 6.45) is 0. The number of fused-ring (bicyclic) bond motifs is 1. The summed E-state index contributed by atoms with van der Waals surface area (Å²) >= 11 is 1.19. The van der Waals surface area contributed by atoms with Gasteiger partial charge in [-0.15, -0.1) is 11.3 Å². The molecule has 0 fully saturated rings. The van der Waals surface area contributed by atoms with Gasteiger partial charge in [-0.05, 0) is 23.1 Å². The molecule has 0 saturated carbocycles. The van der Waals surface area contributed by atoms with E-state index in [1.54, 1.807) is 23.6 Å². The van der Waals surface area contributed by atoms with Gasteiger partial charge in [0.05, 0.1) is 0 Å². The fraction of sp³-hybridized carbons (Fsp3) is 0. The zero-order valence-corrected chi connectivity index (χ0v) is 13.6. The van der Waals surface area contributed by atoms with Crippen LogP contribution >= 0.6 is 11.3 Å². The maximum absolute atomic E-state index is 13.0. The third-order valence-corrected chi connectivity index (χ3v) is 6.68. The quantitative estimate of drug-likeness (QED) is 0.527. The highest BCUT2D eigenvalue weighted by atomic mass is 32.2. The molecule has 0 saturated heterocycles. The molecule has 0 amide bonds. The van der Waals surface area contributed by atoms with Crippen molar-refractivity contribution in [3.05, 3.63) is 72.1 Å². The second-order valence-electron chi connectivity index (χ2n) is 5.06. The maximum Gasteiger partial charge on any atom is 0.249 e. The minimum absolute atomic E-state index is 0.00681. The molecule has 0 radical (unpaired) electrons. The molecule has 4 rings (SSSR count). The Morgan fingerprint density at radius 3 is 2.30 bits per heavy atom. The molecule has 2 heterocycles. The van der Waals surface area contributed by atoms with E-state index in [0.717, 1.165) is 10.9 Å². The number of furan rings is 1. The summed E-state index contributed by atoms with van der Waals surface area (Å²) in [4.78, 5) is 0. The van der Waals surface area contributed by atoms with Gasteiger partial charge in [-0.25, -0.2) is 8.42 Å². The minimum atomic E-state index is -3.68. The lowest BCUT2D eigenvalue weighted by Gasteiger charge is -2.03. The highest BCUT2D eigenvalue weighted by Crippen LogP contribution is 2.40. The lowest BCUT2D eigenvalue weighted by Crippen LogP contribution is -1.99. The van der Waals surface area contributed by atoms with Crippen molar-refractivity contribution in [2.45, 2.75) is 9.30 Å². The average Bonchev–Trinajstić information content (AvgIpc) is 3.24. The number of sulfone groups is 1. The summed E-state index contributed by atoms with van der Waals surface area (Å²) in [6.45, 7) is 0. The van der Waals surface area contributed by atoms with Crippen LogP contribution in [0.1, 0.15) is 0 Å². The number of para-hydroxylation sites is 1. The molecule has 2 aromatic carbocycles. The Bertz CT molecular complexity index is 1060. The van der Waals surface area contributed by atoms with Crippen molar-refractivity contribution in [1.29, 1.82) is 0 Å². The van der Waals surface area contributed by atoms with Crippen LogP contribution in [-0.4, -0.2) is 8.42 Å². The molecule has 114 valence electrons. The smallest absolute Gasteiger partial charge is 0.249 e. The summed E-state index contributed by atoms with van der Waals surface area (Å²) in [7, 11) is -3.68. The molecule has 0 aliphatic rings. The first-order chi connectivity index (χ1) is 11.2. The van der Waals surface area contributed by atoms with E-state index in [0.29, 0.717) is 11.1 Å². The van der Waals surface area contributed by atoms with E-state index >= 15 is 0 Å². The topological polar surface area (TPSA) is 47.3 Å². The van der Waals surface area contributed by atoms with Crippen LogP contribution in [0, 0.1) is 0 Å². The van der Waals surface area contributed by atoms with Crippen LogP contribution in [0.4, 0.5) is 0 Å². The normalized spacial score (nSPS) is 11.8. The van der Waals surface area contributed by atoms with Crippen molar-refractivity contribution < 1.29 is 12.8 Å². The summed E-state index contributed by atoms with van der Waals surface area (Å²) in [5.74, 6) is 0. The molecule has 2 aromatic heterocycles. The number of hydrogen-bond acceptors (Lipinski definition) is 4. The SMILES string of the molecule is O=S(=O)(c1cccs1)c1oc2ccccc2c1-c1ccccc1. The van der Waals surface area contributed by atoms with Crippen LogP contribution < -0.4 is 0 Å². The van der Waals surface area contributed by atoms with E-state index in [-0.39, 0.29) is 9.30 Å². The molecule has 0 N–H and O–H groups in total. The van der Waals surface area contributed by atoms with Crippen molar-refractivity contribution in [3.8, 4) is 11.1 Å². The number of thiophene rings is 1. The van der Waals surface area contributed by atoms with E-state index in [1.165, 1.54) is 11.3 Å². The zero-order valence-electron chi connectivity index (χ0n) is 12.0. The fourth-order valence-electron chi connectivity index (χ4n) is 2.60. The van der Waals surface area contributed by atoms with Gasteiger partial charge in [-0.2, -0.15) is 0 Å². The molecule has 0 spiro atoms. The van der Waals surface area contributed by atoms with Crippen LogP contribution in [0.25, 0.3) is 22.1 Å². The fourth-order valence-corrected chi connectivity index (χ4v) is 5.08. The second-order valence-corrected chi connectivity index (χ2v) is 8.09. The highest BCUT2D eigenvalue weighted by Gasteiger charge is 2.29. The second kappa shape index (κ2) is 5.37. The van der Waals surface area contributed by atoms with E-state index in [2.05, 4.69) is 0 Å². The van der Waals surface area contributed by atoms with Gasteiger partial charge in [0, 0.05) is 10.9 Å². The molecule has 4 aromatic rings. The van der Waals surface area contributed by atoms with Crippen molar-refractivity contribution in [2.75, 3.05) is 0 Å². The Balaban J connectivity index is 2.08. The third kappa shape index (κ3) is 2.29. The summed E-state index contributed by atoms with van der Waals surface area (Å²) < 4.78 is 32.0. The van der Waals surface area contributed by atoms with Gasteiger partial charge in [0.1, 0.15) is 9.79 Å². The lowest BCUT2D eigenvalue weighted by atomic mass is 10.1. The van der Waals surface area contributed by atoms with Crippen molar-refractivity contribution in [3.63, 3.8) is 0 Å². The number of rotatable bonds is 3. The molecule has 3 nitrogen and oxygen atoms in total. The predicted molar refractivity (Wildman–Crippen MR) is 91.4 cm³/mol. The van der Waals surface area contributed by atoms with Gasteiger partial charge in [0.2, 0.25) is 14.9 Å². The van der Waals surface area contributed by atoms with Crippen LogP contribution in [0.3, 0.4) is 0 Å². The minimum Gasteiger partial charge on any atom is -0.444 e. The standard InChI is InChI=1S/C18H12O3S2/c19-23(20,16-11-6-12-22-16)18-17(13-7-2-1-3-8-13)14-9-4-5-10-15(14)21-18/h1-12H. The largest absolute Gasteiger partial charge is 0.444 e. The Kier molecular flexibility index (Phi) is 3.32. The monoisotopic (exact) mass is 340 g/mol. The first kappa shape index (κ1) is 14.2. The van der Waals surface area contributed by atoms with Crippen LogP contribution in [0.15, 0.2) is 85.8 Å². The molecule has 0 bridgehead atoms. The Labute approximate surface area is 137 Å². The summed E-state index contributed by atoms with van der Waals surface area (Å²) in [5, 5.41) is 2.55. The van der Waals surface area contributed by atoms with Crippen LogP contribution in [-0.2, 0) is 9.84 Å². The molecular formula is C18H12O3S2. The van der Waals surface area contributed by atoms with E-state index in [1.807, 2.05) is 48.5 Å². The Morgan fingerprint density at radius 1 is 0.826 bits per heavy atom. The maximum atomic E-state index is 13.0. The Morgan fingerprint density at radius 2 is 1.57 bits per heavy atom. The molecule has 23 heavy (non-hydrogen) atoms. The third-order valence-electron chi connectivity index (χ3n) is 3.63.